The van der Waals surface area contributed by atoms with Crippen LogP contribution in [0.5, 0.6) is 11.5 Å². The number of ether oxygens (including phenoxy) is 2. The number of likely N-dealkylation sites (N-methyl/N-ethyl adjacent to an activating group) is 1. The number of aromatic nitrogens is 2. The molecule has 64 heavy (non-hydrogen) atoms. The summed E-state index contributed by atoms with van der Waals surface area (Å²) in [5, 5.41) is 10.3. The lowest BCUT2D eigenvalue weighted by molar-refractivity contribution is -0.133. The summed E-state index contributed by atoms with van der Waals surface area (Å²) < 4.78 is 42.3. The van der Waals surface area contributed by atoms with E-state index in [2.05, 4.69) is 36.2 Å². The van der Waals surface area contributed by atoms with Gasteiger partial charge in [-0.3, -0.25) is 34.8 Å². The largest absolute Gasteiger partial charge is 0.495 e. The number of carbonyl (C=O) groups is 4. The number of nitrogens with one attached hydrogen (secondary N) is 4. The number of piperidine rings is 2. The fraction of sp³-hybridized carbons (Fsp3) is 0.556. The highest BCUT2D eigenvalue weighted by atomic mass is 19.1. The topological polar surface area (TPSA) is 177 Å². The van der Waals surface area contributed by atoms with Crippen LogP contribution in [-0.2, 0) is 14.4 Å². The molecule has 0 bridgehead atoms. The van der Waals surface area contributed by atoms with Crippen molar-refractivity contribution in [3.8, 4) is 11.5 Å². The van der Waals surface area contributed by atoms with Crippen molar-refractivity contribution in [3.05, 3.63) is 47.7 Å². The fourth-order valence-corrected chi connectivity index (χ4v) is 9.76. The molecule has 3 aromatic rings. The molecule has 344 valence electrons. The van der Waals surface area contributed by atoms with Gasteiger partial charge in [0.05, 0.1) is 43.0 Å². The molecular formula is C45H59F2N11O6. The first-order valence-corrected chi connectivity index (χ1v) is 22.5. The third-order valence-corrected chi connectivity index (χ3v) is 13.5. The number of rotatable bonds is 14. The smallest absolute Gasteiger partial charge is 0.268 e. The van der Waals surface area contributed by atoms with E-state index in [9.17, 15) is 19.2 Å². The van der Waals surface area contributed by atoms with Crippen molar-refractivity contribution in [2.24, 2.45) is 5.92 Å². The molecule has 0 radical (unpaired) electrons. The van der Waals surface area contributed by atoms with Crippen LogP contribution in [0.25, 0.3) is 0 Å². The number of hydrazine groups is 1. The summed E-state index contributed by atoms with van der Waals surface area (Å²) in [6.07, 6.45) is 9.69. The van der Waals surface area contributed by atoms with E-state index < -0.39 is 29.5 Å². The number of hydrogen-bond acceptors (Lipinski definition) is 14. The van der Waals surface area contributed by atoms with Crippen LogP contribution < -0.4 is 45.5 Å². The van der Waals surface area contributed by atoms with Crippen molar-refractivity contribution in [2.75, 3.05) is 92.4 Å². The molecule has 4 aliphatic heterocycles. The lowest BCUT2D eigenvalue weighted by Crippen LogP contribution is -2.55. The van der Waals surface area contributed by atoms with Gasteiger partial charge < -0.3 is 34.8 Å². The number of piperazine rings is 1. The van der Waals surface area contributed by atoms with E-state index in [-0.39, 0.29) is 53.3 Å². The minimum Gasteiger partial charge on any atom is -0.495 e. The van der Waals surface area contributed by atoms with Crippen molar-refractivity contribution in [2.45, 2.75) is 89.3 Å². The second-order valence-electron chi connectivity index (χ2n) is 17.4. The average Bonchev–Trinajstić information content (AvgIpc) is 3.83. The second kappa shape index (κ2) is 19.5. The summed E-state index contributed by atoms with van der Waals surface area (Å²) in [6.45, 7) is 7.00. The molecule has 4 amide bonds. The van der Waals surface area contributed by atoms with Gasteiger partial charge in [0.15, 0.2) is 5.82 Å². The summed E-state index contributed by atoms with van der Waals surface area (Å²) >= 11 is 0. The van der Waals surface area contributed by atoms with Crippen LogP contribution in [-0.4, -0.2) is 129 Å². The third-order valence-electron chi connectivity index (χ3n) is 13.5. The minimum atomic E-state index is -0.724. The standard InChI is InChI=1S/C45H59F2N11O6/c1-5-35-44(62)54(2)37-26-48-45(52-41(37)58(35)28-8-6-7-9-28)50-34-23-30(46)29(22-38(34)63-3)42(60)53-57-16-13-27(14-17-57)12-15-55-18-20-56(21-19-55)36-25-39(64-4)33(24-31(36)47)49-32-10-11-40(59)51-43(32)61/h22-28,32,35,49H,5-21H2,1-4H3,(H,53,60)(H,48,50,52)(H,51,59,61)/t32?,35-/m1/s1. The zero-order valence-corrected chi connectivity index (χ0v) is 37.1. The van der Waals surface area contributed by atoms with Crippen LogP contribution in [0.15, 0.2) is 30.5 Å². The van der Waals surface area contributed by atoms with E-state index in [0.717, 1.165) is 64.6 Å². The van der Waals surface area contributed by atoms with Crippen LogP contribution in [0.4, 0.5) is 43.3 Å². The van der Waals surface area contributed by atoms with Crippen LogP contribution in [0.2, 0.25) is 0 Å². The Morgan fingerprint density at radius 1 is 0.875 bits per heavy atom. The number of carbonyl (C=O) groups excluding carboxylic acids is 4. The maximum atomic E-state index is 15.7. The number of nitrogens with zero attached hydrogens (tertiary/aromatic N) is 7. The molecule has 1 unspecified atom stereocenters. The first kappa shape index (κ1) is 44.8. The number of amides is 4. The molecule has 3 saturated heterocycles. The van der Waals surface area contributed by atoms with Crippen molar-refractivity contribution < 1.29 is 37.4 Å². The Kier molecular flexibility index (Phi) is 13.6. The Morgan fingerprint density at radius 3 is 2.27 bits per heavy atom. The number of fused-ring (bicyclic) bond motifs is 1. The number of anilines is 6. The molecule has 4 N–H and O–H groups in total. The second-order valence-corrected chi connectivity index (χ2v) is 17.4. The SMILES string of the molecule is CC[C@@H]1C(=O)N(C)c2cnc(Nc3cc(F)c(C(=O)NN4CCC(CCN5CCN(c6cc(OC)c(NC7CCC(=O)NC7=O)cc6F)CC5)CC4)cc3OC)nc2N1C1CCCC1. The van der Waals surface area contributed by atoms with Gasteiger partial charge in [0.2, 0.25) is 23.7 Å². The van der Waals surface area contributed by atoms with Crippen LogP contribution in [0, 0.1) is 17.6 Å². The van der Waals surface area contributed by atoms with E-state index in [4.69, 9.17) is 14.5 Å². The van der Waals surface area contributed by atoms with E-state index in [0.29, 0.717) is 73.6 Å². The van der Waals surface area contributed by atoms with Crippen LogP contribution in [0.3, 0.4) is 0 Å². The van der Waals surface area contributed by atoms with Gasteiger partial charge >= 0.3 is 0 Å². The Hall–Kier alpha value is -5.82. The third kappa shape index (κ3) is 9.50. The number of halogens is 2. The molecule has 5 heterocycles. The quantitative estimate of drug-likeness (QED) is 0.162. The predicted molar refractivity (Wildman–Crippen MR) is 238 cm³/mol. The molecule has 17 nitrogen and oxygen atoms in total. The average molecular weight is 888 g/mol. The van der Waals surface area contributed by atoms with Crippen LogP contribution in [0.1, 0.15) is 81.5 Å². The minimum absolute atomic E-state index is 0.0167. The van der Waals surface area contributed by atoms with E-state index in [1.54, 1.807) is 24.2 Å². The maximum Gasteiger partial charge on any atom is 0.268 e. The normalized spacial score (nSPS) is 21.5. The van der Waals surface area contributed by atoms with Gasteiger partial charge in [0.1, 0.15) is 40.9 Å². The zero-order chi connectivity index (χ0) is 45.1. The number of hydrogen-bond donors (Lipinski definition) is 4. The van der Waals surface area contributed by atoms with Crippen molar-refractivity contribution >= 4 is 58.1 Å². The van der Waals surface area contributed by atoms with Gasteiger partial charge in [0.25, 0.3) is 5.91 Å². The van der Waals surface area contributed by atoms with Gasteiger partial charge in [-0.2, -0.15) is 4.98 Å². The molecule has 1 saturated carbocycles. The highest BCUT2D eigenvalue weighted by Gasteiger charge is 2.41. The lowest BCUT2D eigenvalue weighted by atomic mass is 9.94. The molecule has 0 spiro atoms. The molecule has 4 fully saturated rings. The molecular weight excluding hydrogens is 829 g/mol. The first-order chi connectivity index (χ1) is 30.9. The highest BCUT2D eigenvalue weighted by Crippen LogP contribution is 2.41. The molecule has 2 aromatic carbocycles. The molecule has 1 aliphatic carbocycles. The maximum absolute atomic E-state index is 15.7. The molecule has 5 aliphatic rings. The number of imide groups is 1. The fourth-order valence-electron chi connectivity index (χ4n) is 9.76. The highest BCUT2D eigenvalue weighted by molar-refractivity contribution is 6.04. The summed E-state index contributed by atoms with van der Waals surface area (Å²) in [5.41, 5.74) is 4.44. The predicted octanol–water partition coefficient (Wildman–Crippen LogP) is 4.81. The Labute approximate surface area is 372 Å². The number of methoxy groups -OCH3 is 2. The van der Waals surface area contributed by atoms with Gasteiger partial charge in [-0.15, -0.1) is 0 Å². The summed E-state index contributed by atoms with van der Waals surface area (Å²) in [7, 11) is 4.69. The molecule has 8 rings (SSSR count). The Morgan fingerprint density at radius 2 is 1.58 bits per heavy atom. The number of benzene rings is 2. The van der Waals surface area contributed by atoms with Gasteiger partial charge in [0, 0.05) is 77.0 Å². The Balaban J connectivity index is 0.811. The van der Waals surface area contributed by atoms with Gasteiger partial charge in [-0.05, 0) is 63.5 Å². The Bertz CT molecular complexity index is 2230. The van der Waals surface area contributed by atoms with E-state index in [1.165, 1.54) is 32.4 Å². The summed E-state index contributed by atoms with van der Waals surface area (Å²) in [5.74, 6) is -0.424. The zero-order valence-electron chi connectivity index (χ0n) is 37.1. The van der Waals surface area contributed by atoms with E-state index in [1.807, 2.05) is 16.8 Å². The van der Waals surface area contributed by atoms with Crippen molar-refractivity contribution in [1.82, 2.24) is 30.6 Å². The molecule has 1 aromatic heterocycles. The first-order valence-electron chi connectivity index (χ1n) is 22.5. The van der Waals surface area contributed by atoms with Crippen molar-refractivity contribution in [3.63, 3.8) is 0 Å². The van der Waals surface area contributed by atoms with Gasteiger partial charge in [-0.1, -0.05) is 19.8 Å². The van der Waals surface area contributed by atoms with Crippen LogP contribution >= 0.6 is 0 Å². The van der Waals surface area contributed by atoms with Crippen molar-refractivity contribution in [1.29, 1.82) is 0 Å². The summed E-state index contributed by atoms with van der Waals surface area (Å²) in [4.78, 5) is 68.0. The lowest BCUT2D eigenvalue weighted by Gasteiger charge is -2.43. The van der Waals surface area contributed by atoms with Gasteiger partial charge in [-0.25, -0.2) is 18.8 Å². The summed E-state index contributed by atoms with van der Waals surface area (Å²) in [6, 6.07) is 4.82. The molecule has 19 heteroatoms. The molecule has 2 atom stereocenters. The van der Waals surface area contributed by atoms with E-state index >= 15 is 8.78 Å². The monoisotopic (exact) mass is 887 g/mol.